The monoisotopic (exact) mass is 299 g/mol. The summed E-state index contributed by atoms with van der Waals surface area (Å²) in [4.78, 5) is 11.7. The van der Waals surface area contributed by atoms with Gasteiger partial charge in [-0.3, -0.25) is 9.89 Å². The van der Waals surface area contributed by atoms with Crippen molar-refractivity contribution in [2.24, 2.45) is 0 Å². The molecular formula is C16H14ClN3O. The standard InChI is InChI=1S/C16H14ClN3O/c17-14-7-6-11(10-20-16(21)9-15(18)19-20)8-13(14)12-4-2-1-3-5-12/h1-9,19H,10,18H2. The summed E-state index contributed by atoms with van der Waals surface area (Å²) in [7, 11) is 0. The maximum Gasteiger partial charge on any atom is 0.268 e. The Labute approximate surface area is 126 Å². The minimum atomic E-state index is -0.149. The van der Waals surface area contributed by atoms with Gasteiger partial charge in [0.1, 0.15) is 5.82 Å². The van der Waals surface area contributed by atoms with Gasteiger partial charge >= 0.3 is 0 Å². The lowest BCUT2D eigenvalue weighted by Gasteiger charge is -2.08. The van der Waals surface area contributed by atoms with Crippen LogP contribution >= 0.6 is 11.6 Å². The van der Waals surface area contributed by atoms with Crippen molar-refractivity contribution in [2.45, 2.75) is 6.54 Å². The predicted molar refractivity (Wildman–Crippen MR) is 85.5 cm³/mol. The van der Waals surface area contributed by atoms with Gasteiger partial charge in [-0.1, -0.05) is 48.0 Å². The Bertz CT molecular complexity index is 821. The maximum absolute atomic E-state index is 11.7. The van der Waals surface area contributed by atoms with Gasteiger partial charge in [0.25, 0.3) is 5.56 Å². The summed E-state index contributed by atoms with van der Waals surface area (Å²) in [6.07, 6.45) is 0. The molecular weight excluding hydrogens is 286 g/mol. The van der Waals surface area contributed by atoms with Crippen molar-refractivity contribution in [3.8, 4) is 11.1 Å². The van der Waals surface area contributed by atoms with Gasteiger partial charge in [0, 0.05) is 16.7 Å². The van der Waals surface area contributed by atoms with Crippen LogP contribution in [0.4, 0.5) is 5.82 Å². The first-order valence-electron chi connectivity index (χ1n) is 6.52. The molecule has 0 saturated carbocycles. The third-order valence-electron chi connectivity index (χ3n) is 3.27. The zero-order chi connectivity index (χ0) is 14.8. The summed E-state index contributed by atoms with van der Waals surface area (Å²) < 4.78 is 1.47. The van der Waals surface area contributed by atoms with Crippen LogP contribution in [0.2, 0.25) is 5.02 Å². The van der Waals surface area contributed by atoms with E-state index < -0.39 is 0 Å². The number of halogens is 1. The van der Waals surface area contributed by atoms with Gasteiger partial charge in [-0.2, -0.15) is 0 Å². The van der Waals surface area contributed by atoms with Crippen LogP contribution < -0.4 is 11.3 Å². The van der Waals surface area contributed by atoms with Gasteiger partial charge in [0.05, 0.1) is 6.54 Å². The maximum atomic E-state index is 11.7. The van der Waals surface area contributed by atoms with Crippen LogP contribution in [0.1, 0.15) is 5.56 Å². The number of hydrogen-bond donors (Lipinski definition) is 2. The molecule has 0 fully saturated rings. The van der Waals surface area contributed by atoms with Gasteiger partial charge in [-0.15, -0.1) is 0 Å². The molecule has 0 aliphatic carbocycles. The quantitative estimate of drug-likeness (QED) is 0.780. The van der Waals surface area contributed by atoms with Crippen LogP contribution in [-0.4, -0.2) is 9.78 Å². The van der Waals surface area contributed by atoms with Crippen molar-refractivity contribution in [3.63, 3.8) is 0 Å². The molecule has 0 amide bonds. The number of aromatic amines is 1. The van der Waals surface area contributed by atoms with E-state index >= 15 is 0 Å². The molecule has 1 aromatic heterocycles. The van der Waals surface area contributed by atoms with Crippen LogP contribution in [0, 0.1) is 0 Å². The second-order valence-corrected chi connectivity index (χ2v) is 5.22. The van der Waals surface area contributed by atoms with E-state index in [1.54, 1.807) is 0 Å². The fourth-order valence-corrected chi connectivity index (χ4v) is 2.49. The summed E-state index contributed by atoms with van der Waals surface area (Å²) in [5, 5.41) is 3.50. The first-order chi connectivity index (χ1) is 10.1. The van der Waals surface area contributed by atoms with Crippen LogP contribution in [0.25, 0.3) is 11.1 Å². The molecule has 0 unspecified atom stereocenters. The van der Waals surface area contributed by atoms with Crippen molar-refractivity contribution < 1.29 is 0 Å². The number of nitrogens with one attached hydrogen (secondary N) is 1. The molecule has 3 N–H and O–H groups in total. The Morgan fingerprint density at radius 2 is 1.86 bits per heavy atom. The van der Waals surface area contributed by atoms with Crippen molar-refractivity contribution in [1.82, 2.24) is 9.78 Å². The molecule has 0 saturated heterocycles. The fourth-order valence-electron chi connectivity index (χ4n) is 2.26. The summed E-state index contributed by atoms with van der Waals surface area (Å²) in [5.74, 6) is 0.359. The molecule has 21 heavy (non-hydrogen) atoms. The molecule has 0 radical (unpaired) electrons. The molecule has 0 bridgehead atoms. The Hall–Kier alpha value is -2.46. The fraction of sp³-hybridized carbons (Fsp3) is 0.0625. The van der Waals surface area contributed by atoms with E-state index in [4.69, 9.17) is 17.3 Å². The summed E-state index contributed by atoms with van der Waals surface area (Å²) in [6, 6.07) is 17.0. The molecule has 1 heterocycles. The number of hydrogen-bond acceptors (Lipinski definition) is 2. The van der Waals surface area contributed by atoms with Crippen molar-refractivity contribution in [1.29, 1.82) is 0 Å². The summed E-state index contributed by atoms with van der Waals surface area (Å²) in [5.41, 5.74) is 8.40. The largest absolute Gasteiger partial charge is 0.384 e. The van der Waals surface area contributed by atoms with E-state index in [1.165, 1.54) is 10.7 Å². The van der Waals surface area contributed by atoms with E-state index in [-0.39, 0.29) is 5.56 Å². The Morgan fingerprint density at radius 1 is 1.10 bits per heavy atom. The first-order valence-corrected chi connectivity index (χ1v) is 6.90. The topological polar surface area (TPSA) is 63.8 Å². The lowest BCUT2D eigenvalue weighted by atomic mass is 10.0. The zero-order valence-electron chi connectivity index (χ0n) is 11.2. The van der Waals surface area contributed by atoms with Crippen LogP contribution in [0.15, 0.2) is 59.4 Å². The predicted octanol–water partition coefficient (Wildman–Crippen LogP) is 3.13. The molecule has 3 aromatic rings. The van der Waals surface area contributed by atoms with Crippen LogP contribution in [0.5, 0.6) is 0 Å². The van der Waals surface area contributed by atoms with E-state index in [9.17, 15) is 4.79 Å². The van der Waals surface area contributed by atoms with Crippen molar-refractivity contribution in [3.05, 3.63) is 75.5 Å². The lowest BCUT2D eigenvalue weighted by molar-refractivity contribution is 0.667. The highest BCUT2D eigenvalue weighted by molar-refractivity contribution is 6.33. The number of aromatic nitrogens is 2. The zero-order valence-corrected chi connectivity index (χ0v) is 12.0. The third-order valence-corrected chi connectivity index (χ3v) is 3.59. The Morgan fingerprint density at radius 3 is 2.52 bits per heavy atom. The Kier molecular flexibility index (Phi) is 3.54. The second-order valence-electron chi connectivity index (χ2n) is 4.82. The highest BCUT2D eigenvalue weighted by atomic mass is 35.5. The third kappa shape index (κ3) is 2.85. The van der Waals surface area contributed by atoms with Crippen LogP contribution in [0.3, 0.4) is 0 Å². The van der Waals surface area contributed by atoms with Crippen molar-refractivity contribution in [2.75, 3.05) is 5.73 Å². The average molecular weight is 300 g/mol. The number of rotatable bonds is 3. The Balaban J connectivity index is 1.98. The normalized spacial score (nSPS) is 10.7. The first kappa shape index (κ1) is 13.5. The van der Waals surface area contributed by atoms with E-state index in [1.807, 2.05) is 48.5 Å². The van der Waals surface area contributed by atoms with E-state index in [0.29, 0.717) is 17.4 Å². The number of benzene rings is 2. The minimum absolute atomic E-state index is 0.149. The molecule has 4 nitrogen and oxygen atoms in total. The lowest BCUT2D eigenvalue weighted by Crippen LogP contribution is -2.16. The van der Waals surface area contributed by atoms with Gasteiger partial charge < -0.3 is 5.73 Å². The average Bonchev–Trinajstić information content (AvgIpc) is 2.80. The molecule has 0 aliphatic heterocycles. The van der Waals surface area contributed by atoms with Gasteiger partial charge in [-0.25, -0.2) is 4.68 Å². The smallest absolute Gasteiger partial charge is 0.268 e. The minimum Gasteiger partial charge on any atom is -0.384 e. The molecule has 3 rings (SSSR count). The molecule has 2 aromatic carbocycles. The molecule has 0 aliphatic rings. The summed E-state index contributed by atoms with van der Waals surface area (Å²) >= 11 is 6.27. The molecule has 0 spiro atoms. The second kappa shape index (κ2) is 5.50. The van der Waals surface area contributed by atoms with Gasteiger partial charge in [0.2, 0.25) is 0 Å². The number of nitrogens with two attached hydrogens (primary N) is 1. The number of H-pyrrole nitrogens is 1. The van der Waals surface area contributed by atoms with E-state index in [0.717, 1.165) is 16.7 Å². The highest BCUT2D eigenvalue weighted by Crippen LogP contribution is 2.28. The summed E-state index contributed by atoms with van der Waals surface area (Å²) in [6.45, 7) is 0.424. The van der Waals surface area contributed by atoms with Crippen LogP contribution in [-0.2, 0) is 6.54 Å². The van der Waals surface area contributed by atoms with Crippen molar-refractivity contribution >= 4 is 17.4 Å². The highest BCUT2D eigenvalue weighted by Gasteiger charge is 2.07. The number of nitrogen functional groups attached to an aromatic ring is 1. The molecule has 5 heteroatoms. The van der Waals surface area contributed by atoms with E-state index in [2.05, 4.69) is 5.10 Å². The number of nitrogens with zero attached hydrogens (tertiary/aromatic N) is 1. The SMILES string of the molecule is Nc1cc(=O)n(Cc2ccc(Cl)c(-c3ccccc3)c2)[nH]1. The number of anilines is 1. The van der Waals surface area contributed by atoms with Gasteiger partial charge in [0.15, 0.2) is 0 Å². The molecule has 0 atom stereocenters. The molecule has 106 valence electrons. The van der Waals surface area contributed by atoms with Gasteiger partial charge in [-0.05, 0) is 23.3 Å².